The first-order chi connectivity index (χ1) is 23.7. The Morgan fingerprint density at radius 2 is 1.21 bits per heavy atom. The summed E-state index contributed by atoms with van der Waals surface area (Å²) in [5.74, 6) is 0. The maximum absolute atomic E-state index is 4.83. The third kappa shape index (κ3) is 4.23. The molecule has 0 unspecified atom stereocenters. The van der Waals surface area contributed by atoms with E-state index in [1.165, 1.54) is 50.0 Å². The SMILES string of the molecule is C=CC.c1ccc(-n2c3ccc(-c4ccc5c(c4)-c4cccc(-n6c7ccccc7c7ncccc76)c4C5)cc3c3ncccc32)cc1. The van der Waals surface area contributed by atoms with E-state index in [-0.39, 0.29) is 0 Å². The molecule has 5 aromatic carbocycles. The second kappa shape index (κ2) is 11.2. The molecule has 4 aromatic heterocycles. The molecule has 0 aliphatic heterocycles. The zero-order chi connectivity index (χ0) is 32.2. The van der Waals surface area contributed by atoms with Gasteiger partial charge in [0.05, 0.1) is 38.8 Å². The topological polar surface area (TPSA) is 35.6 Å². The van der Waals surface area contributed by atoms with Crippen molar-refractivity contribution in [1.82, 2.24) is 19.1 Å². The highest BCUT2D eigenvalue weighted by Gasteiger charge is 2.24. The molecular formula is C44H32N4. The van der Waals surface area contributed by atoms with Crippen molar-refractivity contribution in [3.63, 3.8) is 0 Å². The molecule has 1 aliphatic rings. The highest BCUT2D eigenvalue weighted by atomic mass is 15.0. The molecule has 4 heteroatoms. The average molecular weight is 617 g/mol. The van der Waals surface area contributed by atoms with Crippen LogP contribution in [0, 0.1) is 0 Å². The van der Waals surface area contributed by atoms with Gasteiger partial charge < -0.3 is 9.13 Å². The number of rotatable bonds is 3. The van der Waals surface area contributed by atoms with Crippen LogP contribution in [0.4, 0.5) is 0 Å². The first kappa shape index (κ1) is 28.0. The number of fused-ring (bicyclic) bond motifs is 9. The van der Waals surface area contributed by atoms with E-state index in [9.17, 15) is 0 Å². The Morgan fingerprint density at radius 1 is 0.562 bits per heavy atom. The van der Waals surface area contributed by atoms with E-state index in [4.69, 9.17) is 9.97 Å². The van der Waals surface area contributed by atoms with Crippen molar-refractivity contribution in [2.24, 2.45) is 0 Å². The lowest BCUT2D eigenvalue weighted by Crippen LogP contribution is -1.99. The number of hydrogen-bond acceptors (Lipinski definition) is 2. The Kier molecular flexibility index (Phi) is 6.54. The molecule has 0 spiro atoms. The summed E-state index contributed by atoms with van der Waals surface area (Å²) in [4.78, 5) is 9.59. The summed E-state index contributed by atoms with van der Waals surface area (Å²) in [6.07, 6.45) is 6.43. The lowest BCUT2D eigenvalue weighted by molar-refractivity contribution is 1.12. The van der Waals surface area contributed by atoms with Crippen molar-refractivity contribution >= 4 is 43.9 Å². The molecule has 0 saturated heterocycles. The molecule has 0 N–H and O–H groups in total. The average Bonchev–Trinajstić information content (AvgIpc) is 3.80. The third-order valence-corrected chi connectivity index (χ3v) is 9.45. The van der Waals surface area contributed by atoms with Crippen molar-refractivity contribution in [3.8, 4) is 33.6 Å². The summed E-state index contributed by atoms with van der Waals surface area (Å²) in [6, 6.07) is 48.0. The second-order valence-corrected chi connectivity index (χ2v) is 12.3. The summed E-state index contributed by atoms with van der Waals surface area (Å²) < 4.78 is 4.71. The lowest BCUT2D eigenvalue weighted by atomic mass is 9.97. The van der Waals surface area contributed by atoms with Crippen LogP contribution in [-0.2, 0) is 6.42 Å². The quantitative estimate of drug-likeness (QED) is 0.185. The van der Waals surface area contributed by atoms with E-state index < -0.39 is 0 Å². The molecule has 0 atom stereocenters. The molecule has 228 valence electrons. The Morgan fingerprint density at radius 3 is 2.02 bits per heavy atom. The molecule has 10 rings (SSSR count). The van der Waals surface area contributed by atoms with Gasteiger partial charge in [0.15, 0.2) is 0 Å². The third-order valence-electron chi connectivity index (χ3n) is 9.45. The minimum atomic E-state index is 0.906. The highest BCUT2D eigenvalue weighted by molar-refractivity contribution is 6.09. The van der Waals surface area contributed by atoms with Gasteiger partial charge in [0.1, 0.15) is 0 Å². The van der Waals surface area contributed by atoms with Crippen molar-refractivity contribution in [3.05, 3.63) is 170 Å². The summed E-state index contributed by atoms with van der Waals surface area (Å²) in [5.41, 5.74) is 16.8. The molecule has 0 fully saturated rings. The first-order valence-electron chi connectivity index (χ1n) is 16.4. The molecule has 48 heavy (non-hydrogen) atoms. The van der Waals surface area contributed by atoms with E-state index in [2.05, 4.69) is 137 Å². The molecule has 0 radical (unpaired) electrons. The van der Waals surface area contributed by atoms with Crippen LogP contribution in [0.3, 0.4) is 0 Å². The maximum Gasteiger partial charge on any atom is 0.0963 e. The van der Waals surface area contributed by atoms with Crippen molar-refractivity contribution < 1.29 is 0 Å². The van der Waals surface area contributed by atoms with Crippen LogP contribution in [0.25, 0.3) is 77.5 Å². The normalized spacial score (nSPS) is 11.9. The predicted molar refractivity (Wildman–Crippen MR) is 200 cm³/mol. The lowest BCUT2D eigenvalue weighted by Gasteiger charge is -2.13. The second-order valence-electron chi connectivity index (χ2n) is 12.3. The summed E-state index contributed by atoms with van der Waals surface area (Å²) >= 11 is 0. The number of pyridine rings is 2. The van der Waals surface area contributed by atoms with E-state index in [0.29, 0.717) is 0 Å². The molecular weight excluding hydrogens is 585 g/mol. The van der Waals surface area contributed by atoms with Gasteiger partial charge in [-0.2, -0.15) is 0 Å². The number of aromatic nitrogens is 4. The minimum absolute atomic E-state index is 0.906. The van der Waals surface area contributed by atoms with Crippen LogP contribution >= 0.6 is 0 Å². The first-order valence-corrected chi connectivity index (χ1v) is 16.4. The summed E-state index contributed by atoms with van der Waals surface area (Å²) in [6.45, 7) is 5.25. The zero-order valence-electron chi connectivity index (χ0n) is 26.6. The van der Waals surface area contributed by atoms with Crippen LogP contribution < -0.4 is 0 Å². The number of nitrogens with zero attached hydrogens (tertiary/aromatic N) is 4. The van der Waals surface area contributed by atoms with Gasteiger partial charge in [-0.1, -0.05) is 72.8 Å². The zero-order valence-corrected chi connectivity index (χ0v) is 26.6. The molecule has 9 aromatic rings. The van der Waals surface area contributed by atoms with E-state index >= 15 is 0 Å². The molecule has 1 aliphatic carbocycles. The standard InChI is InChI=1S/C41H26N4.C3H6/c1-2-9-29(10-3-1)44-37-20-19-27(24-34(37)41-38(44)15-7-22-43-41)26-17-18-28-25-33-30(32(28)23-26)12-6-14-36(33)45-35-13-5-4-11-31(35)40-39(45)16-8-21-42-40;1-3-2/h1-24H,25H2;3H,1H2,2H3. The van der Waals surface area contributed by atoms with E-state index in [1.54, 1.807) is 6.08 Å². The largest absolute Gasteiger partial charge is 0.308 e. The number of hydrogen-bond donors (Lipinski definition) is 0. The summed E-state index contributed by atoms with van der Waals surface area (Å²) in [5, 5.41) is 2.34. The number of para-hydroxylation sites is 2. The van der Waals surface area contributed by atoms with Gasteiger partial charge in [-0.15, -0.1) is 6.58 Å². The Labute approximate surface area is 278 Å². The van der Waals surface area contributed by atoms with Gasteiger partial charge in [0, 0.05) is 35.3 Å². The van der Waals surface area contributed by atoms with Crippen LogP contribution in [0.2, 0.25) is 0 Å². The van der Waals surface area contributed by atoms with Gasteiger partial charge in [-0.05, 0) is 107 Å². The molecule has 0 bridgehead atoms. The van der Waals surface area contributed by atoms with Crippen LogP contribution in [-0.4, -0.2) is 19.1 Å². The number of benzene rings is 5. The Bertz CT molecular complexity index is 2620. The fraction of sp³-hybridized carbons (Fsp3) is 0.0455. The Hall–Kier alpha value is -6.26. The number of allylic oxidation sites excluding steroid dienone is 1. The van der Waals surface area contributed by atoms with Gasteiger partial charge in [-0.25, -0.2) is 0 Å². The minimum Gasteiger partial charge on any atom is -0.308 e. The van der Waals surface area contributed by atoms with Crippen molar-refractivity contribution in [2.45, 2.75) is 13.3 Å². The molecule has 0 saturated carbocycles. The van der Waals surface area contributed by atoms with Gasteiger partial charge in [0.2, 0.25) is 0 Å². The maximum atomic E-state index is 4.83. The van der Waals surface area contributed by atoms with Gasteiger partial charge in [0.25, 0.3) is 0 Å². The summed E-state index contributed by atoms with van der Waals surface area (Å²) in [7, 11) is 0. The van der Waals surface area contributed by atoms with E-state index in [1.807, 2.05) is 31.5 Å². The van der Waals surface area contributed by atoms with E-state index in [0.717, 1.165) is 45.1 Å². The van der Waals surface area contributed by atoms with Gasteiger partial charge in [-0.3, -0.25) is 9.97 Å². The van der Waals surface area contributed by atoms with Gasteiger partial charge >= 0.3 is 0 Å². The predicted octanol–water partition coefficient (Wildman–Crippen LogP) is 11.1. The molecule has 4 heterocycles. The fourth-order valence-electron chi connectivity index (χ4n) is 7.49. The van der Waals surface area contributed by atoms with Crippen LogP contribution in [0.5, 0.6) is 0 Å². The molecule has 0 amide bonds. The smallest absolute Gasteiger partial charge is 0.0963 e. The van der Waals surface area contributed by atoms with Crippen LogP contribution in [0.15, 0.2) is 159 Å². The van der Waals surface area contributed by atoms with Crippen molar-refractivity contribution in [1.29, 1.82) is 0 Å². The van der Waals surface area contributed by atoms with Crippen molar-refractivity contribution in [2.75, 3.05) is 0 Å². The monoisotopic (exact) mass is 616 g/mol. The Balaban J connectivity index is 0.00000101. The molecule has 4 nitrogen and oxygen atoms in total. The highest BCUT2D eigenvalue weighted by Crippen LogP contribution is 2.44. The fourth-order valence-corrected chi connectivity index (χ4v) is 7.49. The van der Waals surface area contributed by atoms with Crippen LogP contribution in [0.1, 0.15) is 18.1 Å².